The van der Waals surface area contributed by atoms with E-state index in [-0.39, 0.29) is 0 Å². The number of hydrogen-bond acceptors (Lipinski definition) is 2. The molecule has 2 rings (SSSR count). The average Bonchev–Trinajstić information content (AvgIpc) is 2.66. The van der Waals surface area contributed by atoms with Gasteiger partial charge < -0.3 is 5.32 Å². The van der Waals surface area contributed by atoms with E-state index < -0.39 is 0 Å². The first-order valence-electron chi connectivity index (χ1n) is 7.86. The number of halogens is 1. The fraction of sp³-hybridized carbons (Fsp3) is 0.611. The molecule has 0 spiro atoms. The van der Waals surface area contributed by atoms with Crippen molar-refractivity contribution in [1.82, 2.24) is 0 Å². The van der Waals surface area contributed by atoms with Crippen LogP contribution in [0.4, 0.5) is 5.69 Å². The Morgan fingerprint density at radius 2 is 1.95 bits per heavy atom. The van der Waals surface area contributed by atoms with Crippen LogP contribution in [0.3, 0.4) is 0 Å². The van der Waals surface area contributed by atoms with Crippen LogP contribution in [0.2, 0.25) is 5.02 Å². The summed E-state index contributed by atoms with van der Waals surface area (Å²) in [4.78, 5) is 0. The predicted octanol–water partition coefficient (Wildman–Crippen LogP) is 5.62. The van der Waals surface area contributed by atoms with Crippen LogP contribution in [-0.2, 0) is 0 Å². The molecule has 3 heteroatoms. The minimum Gasteiger partial charge on any atom is -0.382 e. The van der Waals surface area contributed by atoms with Gasteiger partial charge in [0.1, 0.15) is 6.07 Å². The van der Waals surface area contributed by atoms with Crippen molar-refractivity contribution >= 4 is 17.3 Å². The van der Waals surface area contributed by atoms with Gasteiger partial charge in [-0.05, 0) is 55.2 Å². The Hall–Kier alpha value is -1.20. The van der Waals surface area contributed by atoms with Gasteiger partial charge in [-0.3, -0.25) is 0 Å². The third-order valence-electron chi connectivity index (χ3n) is 4.65. The van der Waals surface area contributed by atoms with E-state index in [1.807, 2.05) is 12.1 Å². The molecular formula is C18H25ClN2. The van der Waals surface area contributed by atoms with Gasteiger partial charge in [-0.15, -0.1) is 0 Å². The number of rotatable bonds is 2. The summed E-state index contributed by atoms with van der Waals surface area (Å²) in [5.41, 5.74) is 1.96. The first kappa shape index (κ1) is 16.2. The Morgan fingerprint density at radius 3 is 2.62 bits per heavy atom. The number of benzene rings is 1. The molecule has 0 heterocycles. The second-order valence-corrected chi connectivity index (χ2v) is 7.63. The number of nitrogens with zero attached hydrogens (tertiary/aromatic N) is 1. The quantitative estimate of drug-likeness (QED) is 0.720. The van der Waals surface area contributed by atoms with Gasteiger partial charge in [-0.25, -0.2) is 0 Å². The summed E-state index contributed by atoms with van der Waals surface area (Å²) in [5.74, 6) is 0.809. The van der Waals surface area contributed by atoms with Crippen molar-refractivity contribution in [3.63, 3.8) is 0 Å². The van der Waals surface area contributed by atoms with E-state index in [4.69, 9.17) is 16.9 Å². The van der Waals surface area contributed by atoms with Crippen LogP contribution >= 0.6 is 11.6 Å². The van der Waals surface area contributed by atoms with Gasteiger partial charge >= 0.3 is 0 Å². The topological polar surface area (TPSA) is 35.8 Å². The van der Waals surface area contributed by atoms with E-state index >= 15 is 0 Å². The van der Waals surface area contributed by atoms with Crippen molar-refractivity contribution in [3.05, 3.63) is 28.8 Å². The van der Waals surface area contributed by atoms with Crippen LogP contribution in [0.5, 0.6) is 0 Å². The molecule has 2 nitrogen and oxygen atoms in total. The fourth-order valence-electron chi connectivity index (χ4n) is 3.25. The minimum absolute atomic E-state index is 0.406. The second-order valence-electron chi connectivity index (χ2n) is 7.22. The number of nitrogens with one attached hydrogen (secondary N) is 1. The summed E-state index contributed by atoms with van der Waals surface area (Å²) >= 11 is 5.98. The Balaban J connectivity index is 2.00. The number of hydrogen-bond donors (Lipinski definition) is 1. The summed E-state index contributed by atoms with van der Waals surface area (Å²) in [6.07, 6.45) is 6.29. The lowest BCUT2D eigenvalue weighted by molar-refractivity contribution is 0.214. The molecule has 1 saturated carbocycles. The first-order chi connectivity index (χ1) is 9.90. The van der Waals surface area contributed by atoms with Crippen LogP contribution in [0.15, 0.2) is 18.2 Å². The molecule has 0 aromatic heterocycles. The number of nitriles is 1. The maximum Gasteiger partial charge on any atom is 0.101 e. The van der Waals surface area contributed by atoms with E-state index in [1.54, 1.807) is 6.07 Å². The minimum atomic E-state index is 0.406. The third-order valence-corrected chi connectivity index (χ3v) is 4.98. The summed E-state index contributed by atoms with van der Waals surface area (Å²) in [7, 11) is 0. The lowest BCUT2D eigenvalue weighted by Gasteiger charge is -2.29. The average molecular weight is 305 g/mol. The van der Waals surface area contributed by atoms with Crippen molar-refractivity contribution in [3.8, 4) is 6.07 Å². The molecule has 1 aliphatic rings. The van der Waals surface area contributed by atoms with Crippen LogP contribution in [0.25, 0.3) is 0 Å². The monoisotopic (exact) mass is 304 g/mol. The van der Waals surface area contributed by atoms with Crippen molar-refractivity contribution in [2.24, 2.45) is 11.3 Å². The largest absolute Gasteiger partial charge is 0.382 e. The smallest absolute Gasteiger partial charge is 0.101 e. The van der Waals surface area contributed by atoms with Gasteiger partial charge in [0.15, 0.2) is 0 Å². The lowest BCUT2D eigenvalue weighted by atomic mass is 9.76. The molecule has 2 atom stereocenters. The molecule has 0 bridgehead atoms. The van der Waals surface area contributed by atoms with E-state index in [0.717, 1.165) is 11.6 Å². The van der Waals surface area contributed by atoms with Gasteiger partial charge in [0.05, 0.1) is 10.6 Å². The first-order valence-corrected chi connectivity index (χ1v) is 8.24. The molecule has 1 N–H and O–H groups in total. The summed E-state index contributed by atoms with van der Waals surface area (Å²) in [5, 5.41) is 13.2. The van der Waals surface area contributed by atoms with Gasteiger partial charge in [0, 0.05) is 11.7 Å². The Kier molecular flexibility index (Phi) is 5.17. The van der Waals surface area contributed by atoms with Gasteiger partial charge in [-0.1, -0.05) is 38.8 Å². The lowest BCUT2D eigenvalue weighted by Crippen LogP contribution is -2.21. The van der Waals surface area contributed by atoms with Crippen LogP contribution in [0.1, 0.15) is 58.4 Å². The Morgan fingerprint density at radius 1 is 1.19 bits per heavy atom. The van der Waals surface area contributed by atoms with Crippen molar-refractivity contribution in [2.45, 2.75) is 58.9 Å². The summed E-state index contributed by atoms with van der Waals surface area (Å²) < 4.78 is 0. The van der Waals surface area contributed by atoms with E-state index in [9.17, 15) is 0 Å². The maximum atomic E-state index is 9.06. The molecule has 1 aliphatic carbocycles. The zero-order chi connectivity index (χ0) is 15.5. The SMILES string of the molecule is CC(C)(C)C1CCCC(Nc2ccc(Cl)c(C#N)c2)CC1. The molecule has 0 aliphatic heterocycles. The van der Waals surface area contributed by atoms with Gasteiger partial charge in [-0.2, -0.15) is 5.26 Å². The fourth-order valence-corrected chi connectivity index (χ4v) is 3.41. The molecule has 2 unspecified atom stereocenters. The Bertz CT molecular complexity index is 525. The summed E-state index contributed by atoms with van der Waals surface area (Å²) in [6.45, 7) is 7.05. The maximum absolute atomic E-state index is 9.06. The molecular weight excluding hydrogens is 280 g/mol. The molecule has 1 fully saturated rings. The molecule has 0 radical (unpaired) electrons. The van der Waals surface area contributed by atoms with E-state index in [0.29, 0.717) is 22.0 Å². The highest BCUT2D eigenvalue weighted by Crippen LogP contribution is 2.37. The van der Waals surface area contributed by atoms with Crippen LogP contribution in [-0.4, -0.2) is 6.04 Å². The van der Waals surface area contributed by atoms with Crippen molar-refractivity contribution in [1.29, 1.82) is 5.26 Å². The van der Waals surface area contributed by atoms with Crippen molar-refractivity contribution in [2.75, 3.05) is 5.32 Å². The zero-order valence-electron chi connectivity index (χ0n) is 13.2. The molecule has 0 amide bonds. The summed E-state index contributed by atoms with van der Waals surface area (Å²) in [6, 6.07) is 8.27. The molecule has 1 aromatic carbocycles. The third kappa shape index (κ3) is 4.38. The molecule has 0 saturated heterocycles. The zero-order valence-corrected chi connectivity index (χ0v) is 14.0. The van der Waals surface area contributed by atoms with E-state index in [1.165, 1.54) is 32.1 Å². The van der Waals surface area contributed by atoms with Gasteiger partial charge in [0.25, 0.3) is 0 Å². The van der Waals surface area contributed by atoms with Crippen LogP contribution in [0, 0.1) is 22.7 Å². The standard InChI is InChI=1S/C18H25ClN2/c1-18(2,3)14-5-4-6-15(8-7-14)21-16-9-10-17(19)13(11-16)12-20/h9-11,14-15,21H,4-8H2,1-3H3. The van der Waals surface area contributed by atoms with Gasteiger partial charge in [0.2, 0.25) is 0 Å². The highest BCUT2D eigenvalue weighted by atomic mass is 35.5. The van der Waals surface area contributed by atoms with E-state index in [2.05, 4.69) is 32.2 Å². The normalized spacial score (nSPS) is 23.2. The Labute approximate surface area is 133 Å². The van der Waals surface area contributed by atoms with Crippen molar-refractivity contribution < 1.29 is 0 Å². The number of anilines is 1. The highest BCUT2D eigenvalue weighted by molar-refractivity contribution is 6.31. The second kappa shape index (κ2) is 6.71. The molecule has 1 aromatic rings. The van der Waals surface area contributed by atoms with Crippen LogP contribution < -0.4 is 5.32 Å². The molecule has 114 valence electrons. The highest BCUT2D eigenvalue weighted by Gasteiger charge is 2.27. The molecule has 21 heavy (non-hydrogen) atoms. The predicted molar refractivity (Wildman–Crippen MR) is 89.6 cm³/mol.